The maximum atomic E-state index is 5.82. The number of benzene rings is 2. The number of rotatable bonds is 6. The Kier molecular flexibility index (Phi) is 4.59. The molecule has 23 heavy (non-hydrogen) atoms. The second kappa shape index (κ2) is 6.98. The molecule has 0 bridgehead atoms. The van der Waals surface area contributed by atoms with Crippen molar-refractivity contribution < 1.29 is 9.47 Å². The molecule has 3 rings (SSSR count). The quantitative estimate of drug-likeness (QED) is 0.541. The molecular formula is C18H19N3O2. The molecule has 0 aliphatic heterocycles. The Bertz CT molecular complexity index is 766. The number of nitrogens with one attached hydrogen (secondary N) is 1. The Balaban J connectivity index is 1.75. The summed E-state index contributed by atoms with van der Waals surface area (Å²) in [5.74, 6) is 0.821. The van der Waals surface area contributed by atoms with Gasteiger partial charge in [-0.2, -0.15) is 5.10 Å². The van der Waals surface area contributed by atoms with Gasteiger partial charge in [-0.15, -0.1) is 0 Å². The van der Waals surface area contributed by atoms with Crippen LogP contribution in [0.3, 0.4) is 0 Å². The number of nitrogens with two attached hydrogens (primary N) is 1. The number of H-pyrrole nitrogens is 1. The van der Waals surface area contributed by atoms with Crippen LogP contribution >= 0.6 is 0 Å². The minimum absolute atomic E-state index is 0.541. The Labute approximate surface area is 135 Å². The molecule has 0 amide bonds. The lowest BCUT2D eigenvalue weighted by atomic mass is 10.1. The molecule has 0 fully saturated rings. The second-order valence-corrected chi connectivity index (χ2v) is 5.16. The zero-order valence-corrected chi connectivity index (χ0v) is 13.0. The van der Waals surface area contributed by atoms with Crippen molar-refractivity contribution in [2.24, 2.45) is 0 Å². The van der Waals surface area contributed by atoms with Gasteiger partial charge in [0.05, 0.1) is 18.0 Å². The molecule has 1 heterocycles. The number of hydrogen-bond acceptors (Lipinski definition) is 4. The fraction of sp³-hybridized carbons (Fsp3) is 0.167. The largest absolute Gasteiger partial charge is 0.491 e. The van der Waals surface area contributed by atoms with Crippen LogP contribution in [0.4, 0.5) is 5.69 Å². The van der Waals surface area contributed by atoms with E-state index in [1.165, 1.54) is 0 Å². The summed E-state index contributed by atoms with van der Waals surface area (Å²) in [6, 6.07) is 17.6. The van der Waals surface area contributed by atoms with E-state index < -0.39 is 0 Å². The standard InChI is InChI=1S/C18H19N3O2/c1-22-9-10-23-16-7-5-13(6-8-16)17-12-18(21-20-17)14-3-2-4-15(19)11-14/h2-8,11-12H,9-10,19H2,1H3,(H,20,21). The van der Waals surface area contributed by atoms with Gasteiger partial charge in [0, 0.05) is 18.4 Å². The topological polar surface area (TPSA) is 73.2 Å². The lowest BCUT2D eigenvalue weighted by Crippen LogP contribution is -2.03. The summed E-state index contributed by atoms with van der Waals surface area (Å²) in [6.07, 6.45) is 0. The SMILES string of the molecule is COCCOc1ccc(-c2cc(-c3cccc(N)c3)n[nH]2)cc1. The van der Waals surface area contributed by atoms with Crippen LogP contribution in [0.5, 0.6) is 5.75 Å². The summed E-state index contributed by atoms with van der Waals surface area (Å²) in [7, 11) is 1.66. The van der Waals surface area contributed by atoms with Crippen molar-refractivity contribution in [3.8, 4) is 28.3 Å². The van der Waals surface area contributed by atoms with Crippen LogP contribution in [0, 0.1) is 0 Å². The van der Waals surface area contributed by atoms with Gasteiger partial charge in [0.2, 0.25) is 0 Å². The molecule has 0 aliphatic rings. The number of aromatic amines is 1. The lowest BCUT2D eigenvalue weighted by Gasteiger charge is -2.05. The molecule has 118 valence electrons. The van der Waals surface area contributed by atoms with Crippen LogP contribution in [0.2, 0.25) is 0 Å². The zero-order chi connectivity index (χ0) is 16.1. The van der Waals surface area contributed by atoms with Crippen LogP contribution in [0.1, 0.15) is 0 Å². The van der Waals surface area contributed by atoms with Gasteiger partial charge in [-0.25, -0.2) is 0 Å². The fourth-order valence-electron chi connectivity index (χ4n) is 2.29. The molecule has 0 saturated heterocycles. The molecule has 0 aliphatic carbocycles. The lowest BCUT2D eigenvalue weighted by molar-refractivity contribution is 0.146. The number of nitrogens with zero attached hydrogens (tertiary/aromatic N) is 1. The highest BCUT2D eigenvalue weighted by Gasteiger charge is 2.06. The van der Waals surface area contributed by atoms with Gasteiger partial charge in [0.1, 0.15) is 12.4 Å². The molecular weight excluding hydrogens is 290 g/mol. The third kappa shape index (κ3) is 3.70. The van der Waals surface area contributed by atoms with Crippen molar-refractivity contribution in [2.75, 3.05) is 26.1 Å². The van der Waals surface area contributed by atoms with Gasteiger partial charge >= 0.3 is 0 Å². The average Bonchev–Trinajstić information content (AvgIpc) is 3.06. The summed E-state index contributed by atoms with van der Waals surface area (Å²) >= 11 is 0. The maximum absolute atomic E-state index is 5.82. The van der Waals surface area contributed by atoms with Crippen LogP contribution in [0.25, 0.3) is 22.5 Å². The van der Waals surface area contributed by atoms with Crippen molar-refractivity contribution >= 4 is 5.69 Å². The first kappa shape index (κ1) is 15.1. The number of anilines is 1. The Hall–Kier alpha value is -2.79. The molecule has 0 radical (unpaired) electrons. The predicted octanol–water partition coefficient (Wildman–Crippen LogP) is 3.35. The van der Waals surface area contributed by atoms with Gasteiger partial charge < -0.3 is 15.2 Å². The summed E-state index contributed by atoms with van der Waals surface area (Å²) < 4.78 is 10.5. The number of hydrogen-bond donors (Lipinski definition) is 2. The third-order valence-electron chi connectivity index (χ3n) is 3.48. The van der Waals surface area contributed by atoms with Crippen molar-refractivity contribution in [1.29, 1.82) is 0 Å². The van der Waals surface area contributed by atoms with E-state index in [1.807, 2.05) is 54.6 Å². The minimum Gasteiger partial charge on any atom is -0.491 e. The molecule has 0 saturated carbocycles. The average molecular weight is 309 g/mol. The molecule has 5 nitrogen and oxygen atoms in total. The maximum Gasteiger partial charge on any atom is 0.119 e. The van der Waals surface area contributed by atoms with E-state index in [-0.39, 0.29) is 0 Å². The van der Waals surface area contributed by atoms with Gasteiger partial charge in [0.15, 0.2) is 0 Å². The first-order chi connectivity index (χ1) is 11.3. The molecule has 1 aromatic heterocycles. The van der Waals surface area contributed by atoms with E-state index >= 15 is 0 Å². The summed E-state index contributed by atoms with van der Waals surface area (Å²) in [5.41, 5.74) is 10.4. The first-order valence-corrected chi connectivity index (χ1v) is 7.40. The van der Waals surface area contributed by atoms with E-state index in [1.54, 1.807) is 7.11 Å². The smallest absolute Gasteiger partial charge is 0.119 e. The van der Waals surface area contributed by atoms with E-state index in [4.69, 9.17) is 15.2 Å². The molecule has 5 heteroatoms. The highest BCUT2D eigenvalue weighted by Crippen LogP contribution is 2.26. The summed E-state index contributed by atoms with van der Waals surface area (Å²) in [5, 5.41) is 7.42. The second-order valence-electron chi connectivity index (χ2n) is 5.16. The fourth-order valence-corrected chi connectivity index (χ4v) is 2.29. The van der Waals surface area contributed by atoms with Gasteiger partial charge in [-0.1, -0.05) is 12.1 Å². The zero-order valence-electron chi connectivity index (χ0n) is 13.0. The molecule has 3 aromatic rings. The summed E-state index contributed by atoms with van der Waals surface area (Å²) in [6.45, 7) is 1.12. The van der Waals surface area contributed by atoms with Gasteiger partial charge in [-0.3, -0.25) is 5.10 Å². The van der Waals surface area contributed by atoms with Gasteiger partial charge in [0.25, 0.3) is 0 Å². The van der Waals surface area contributed by atoms with Crippen molar-refractivity contribution in [3.63, 3.8) is 0 Å². The van der Waals surface area contributed by atoms with E-state index in [2.05, 4.69) is 10.2 Å². The Morgan fingerprint density at radius 3 is 2.57 bits per heavy atom. The van der Waals surface area contributed by atoms with E-state index in [9.17, 15) is 0 Å². The van der Waals surface area contributed by atoms with Gasteiger partial charge in [-0.05, 0) is 48.0 Å². The van der Waals surface area contributed by atoms with E-state index in [0.717, 1.165) is 34.0 Å². The minimum atomic E-state index is 0.541. The number of nitrogen functional groups attached to an aromatic ring is 1. The first-order valence-electron chi connectivity index (χ1n) is 7.40. The van der Waals surface area contributed by atoms with Crippen LogP contribution in [-0.2, 0) is 4.74 Å². The highest BCUT2D eigenvalue weighted by atomic mass is 16.5. The number of ether oxygens (including phenoxy) is 2. The normalized spacial score (nSPS) is 10.7. The molecule has 0 atom stereocenters. The van der Waals surface area contributed by atoms with Crippen LogP contribution < -0.4 is 10.5 Å². The number of aromatic nitrogens is 2. The highest BCUT2D eigenvalue weighted by molar-refractivity contribution is 5.70. The van der Waals surface area contributed by atoms with Crippen molar-refractivity contribution in [1.82, 2.24) is 10.2 Å². The van der Waals surface area contributed by atoms with Crippen molar-refractivity contribution in [3.05, 3.63) is 54.6 Å². The molecule has 0 spiro atoms. The van der Waals surface area contributed by atoms with Crippen molar-refractivity contribution in [2.45, 2.75) is 0 Å². The predicted molar refractivity (Wildman–Crippen MR) is 91.2 cm³/mol. The molecule has 0 unspecified atom stereocenters. The third-order valence-corrected chi connectivity index (χ3v) is 3.48. The van der Waals surface area contributed by atoms with Crippen LogP contribution in [-0.4, -0.2) is 30.5 Å². The number of methoxy groups -OCH3 is 1. The molecule has 2 aromatic carbocycles. The molecule has 3 N–H and O–H groups in total. The monoisotopic (exact) mass is 309 g/mol. The van der Waals surface area contributed by atoms with E-state index in [0.29, 0.717) is 13.2 Å². The Morgan fingerprint density at radius 1 is 1.00 bits per heavy atom. The Morgan fingerprint density at radius 2 is 1.83 bits per heavy atom. The summed E-state index contributed by atoms with van der Waals surface area (Å²) in [4.78, 5) is 0. The van der Waals surface area contributed by atoms with Crippen LogP contribution in [0.15, 0.2) is 54.6 Å².